The lowest BCUT2D eigenvalue weighted by Crippen LogP contribution is -1.98. The van der Waals surface area contributed by atoms with Gasteiger partial charge in [-0.15, -0.1) is 11.3 Å². The van der Waals surface area contributed by atoms with E-state index < -0.39 is 0 Å². The summed E-state index contributed by atoms with van der Waals surface area (Å²) in [7, 11) is 0. The van der Waals surface area contributed by atoms with Crippen LogP contribution in [0.3, 0.4) is 0 Å². The van der Waals surface area contributed by atoms with Gasteiger partial charge in [0, 0.05) is 0 Å². The van der Waals surface area contributed by atoms with Crippen LogP contribution in [0.2, 0.25) is 0 Å². The number of aromatic hydroxyl groups is 1. The first-order chi connectivity index (χ1) is 12.0. The maximum Gasteiger partial charge on any atom is 0.157 e. The minimum atomic E-state index is -0.0941. The minimum Gasteiger partial charge on any atom is -0.507 e. The van der Waals surface area contributed by atoms with E-state index in [9.17, 15) is 9.90 Å². The number of nitrogens with one attached hydrogen (secondary N) is 1. The van der Waals surface area contributed by atoms with E-state index in [2.05, 4.69) is 29.0 Å². The van der Waals surface area contributed by atoms with E-state index in [4.69, 9.17) is 4.74 Å². The standard InChI is InChI=1S/C18H19N3O3S/c1-10(2)13-7-14(21-20-13)18-17(25-11(3)19-18)9-24-16-6-4-5-15(23)12(16)8-22/h4-8,10,23H,9H2,1-3H3,(H,20,21). The SMILES string of the molecule is Cc1nc(-c2cc(C(C)C)n[nH]2)c(COc2cccc(O)c2C=O)s1. The van der Waals surface area contributed by atoms with E-state index in [1.54, 1.807) is 12.1 Å². The number of rotatable bonds is 6. The zero-order valence-corrected chi connectivity index (χ0v) is 15.1. The van der Waals surface area contributed by atoms with Crippen LogP contribution in [0.15, 0.2) is 24.3 Å². The monoisotopic (exact) mass is 357 g/mol. The van der Waals surface area contributed by atoms with E-state index >= 15 is 0 Å². The molecule has 0 fully saturated rings. The smallest absolute Gasteiger partial charge is 0.157 e. The van der Waals surface area contributed by atoms with Crippen molar-refractivity contribution < 1.29 is 14.6 Å². The van der Waals surface area contributed by atoms with E-state index in [1.165, 1.54) is 17.4 Å². The predicted octanol–water partition coefficient (Wildman–Crippen LogP) is 4.06. The number of phenolic OH excluding ortho intramolecular Hbond substituents is 1. The first-order valence-electron chi connectivity index (χ1n) is 7.91. The van der Waals surface area contributed by atoms with Gasteiger partial charge in [0.25, 0.3) is 0 Å². The summed E-state index contributed by atoms with van der Waals surface area (Å²) in [5, 5.41) is 18.0. The fraction of sp³-hybridized carbons (Fsp3) is 0.278. The Morgan fingerprint density at radius 1 is 1.40 bits per heavy atom. The third kappa shape index (κ3) is 3.56. The van der Waals surface area contributed by atoms with Crippen molar-refractivity contribution in [3.05, 3.63) is 45.4 Å². The van der Waals surface area contributed by atoms with E-state index in [0.717, 1.165) is 27.0 Å². The summed E-state index contributed by atoms with van der Waals surface area (Å²) in [5.41, 5.74) is 2.77. The van der Waals surface area contributed by atoms with Crippen LogP contribution in [0.25, 0.3) is 11.4 Å². The highest BCUT2D eigenvalue weighted by Gasteiger charge is 2.16. The summed E-state index contributed by atoms with van der Waals surface area (Å²) in [4.78, 5) is 16.7. The molecule has 25 heavy (non-hydrogen) atoms. The van der Waals surface area contributed by atoms with Gasteiger partial charge < -0.3 is 9.84 Å². The van der Waals surface area contributed by atoms with Crippen LogP contribution in [0.1, 0.15) is 45.7 Å². The molecule has 6 nitrogen and oxygen atoms in total. The molecule has 7 heteroatoms. The van der Waals surface area contributed by atoms with E-state index in [-0.39, 0.29) is 17.9 Å². The Balaban J connectivity index is 1.87. The lowest BCUT2D eigenvalue weighted by atomic mass is 10.1. The molecule has 3 aromatic rings. The van der Waals surface area contributed by atoms with Crippen LogP contribution in [-0.2, 0) is 6.61 Å². The summed E-state index contributed by atoms with van der Waals surface area (Å²) in [5.74, 6) is 0.578. The normalized spacial score (nSPS) is 11.0. The van der Waals surface area contributed by atoms with Gasteiger partial charge in [-0.05, 0) is 31.0 Å². The molecule has 0 saturated heterocycles. The average Bonchev–Trinajstić information content (AvgIpc) is 3.19. The fourth-order valence-corrected chi connectivity index (χ4v) is 3.32. The second-order valence-corrected chi connectivity index (χ2v) is 7.25. The van der Waals surface area contributed by atoms with Gasteiger partial charge >= 0.3 is 0 Å². The number of benzene rings is 1. The Hall–Kier alpha value is -2.67. The molecule has 2 N–H and O–H groups in total. The van der Waals surface area contributed by atoms with Crippen molar-refractivity contribution in [2.45, 2.75) is 33.3 Å². The van der Waals surface area contributed by atoms with Crippen molar-refractivity contribution in [1.82, 2.24) is 15.2 Å². The molecule has 0 saturated carbocycles. The number of aromatic amines is 1. The van der Waals surface area contributed by atoms with Crippen LogP contribution >= 0.6 is 11.3 Å². The molecule has 0 radical (unpaired) electrons. The quantitative estimate of drug-likeness (QED) is 0.650. The summed E-state index contributed by atoms with van der Waals surface area (Å²) in [6.07, 6.45) is 0.591. The molecule has 0 aliphatic carbocycles. The number of hydrogen-bond donors (Lipinski definition) is 2. The highest BCUT2D eigenvalue weighted by atomic mass is 32.1. The molecular weight excluding hydrogens is 338 g/mol. The minimum absolute atomic E-state index is 0.0941. The number of hydrogen-bond acceptors (Lipinski definition) is 6. The molecular formula is C18H19N3O3S. The second-order valence-electron chi connectivity index (χ2n) is 5.96. The first-order valence-corrected chi connectivity index (χ1v) is 8.73. The van der Waals surface area contributed by atoms with Gasteiger partial charge in [-0.1, -0.05) is 19.9 Å². The zero-order valence-electron chi connectivity index (χ0n) is 14.2. The van der Waals surface area contributed by atoms with Gasteiger partial charge in [-0.25, -0.2) is 4.98 Å². The Kier molecular flexibility index (Phi) is 4.85. The molecule has 0 unspecified atom stereocenters. The van der Waals surface area contributed by atoms with Crippen LogP contribution in [0.4, 0.5) is 0 Å². The van der Waals surface area contributed by atoms with Crippen molar-refractivity contribution in [1.29, 1.82) is 0 Å². The number of thiazole rings is 1. The molecule has 1 aromatic carbocycles. The number of carbonyl (C=O) groups is 1. The molecule has 3 rings (SSSR count). The topological polar surface area (TPSA) is 88.1 Å². The Morgan fingerprint density at radius 2 is 2.20 bits per heavy atom. The van der Waals surface area contributed by atoms with Gasteiger partial charge in [-0.2, -0.15) is 5.10 Å². The Labute approximate surface area is 149 Å². The summed E-state index contributed by atoms with van der Waals surface area (Å²) < 4.78 is 5.77. The van der Waals surface area contributed by atoms with Crippen molar-refractivity contribution in [3.63, 3.8) is 0 Å². The number of H-pyrrole nitrogens is 1. The van der Waals surface area contributed by atoms with Gasteiger partial charge in [0.1, 0.15) is 23.8 Å². The van der Waals surface area contributed by atoms with Crippen molar-refractivity contribution >= 4 is 17.6 Å². The maximum atomic E-state index is 11.2. The van der Waals surface area contributed by atoms with Crippen LogP contribution in [-0.4, -0.2) is 26.6 Å². The third-order valence-corrected chi connectivity index (χ3v) is 4.71. The Morgan fingerprint density at radius 3 is 2.88 bits per heavy atom. The van der Waals surface area contributed by atoms with Crippen molar-refractivity contribution in [2.24, 2.45) is 0 Å². The summed E-state index contributed by atoms with van der Waals surface area (Å²) >= 11 is 1.53. The number of phenols is 1. The zero-order chi connectivity index (χ0) is 18.0. The predicted molar refractivity (Wildman–Crippen MR) is 96.3 cm³/mol. The number of ether oxygens (including phenoxy) is 1. The molecule has 0 aliphatic heterocycles. The van der Waals surface area contributed by atoms with Crippen molar-refractivity contribution in [3.8, 4) is 22.9 Å². The van der Waals surface area contributed by atoms with Crippen LogP contribution in [0, 0.1) is 6.92 Å². The van der Waals surface area contributed by atoms with Crippen LogP contribution in [0.5, 0.6) is 11.5 Å². The molecule has 0 atom stereocenters. The Bertz CT molecular complexity index is 899. The molecule has 130 valence electrons. The molecule has 0 spiro atoms. The number of aromatic nitrogens is 3. The number of aryl methyl sites for hydroxylation is 1. The highest BCUT2D eigenvalue weighted by molar-refractivity contribution is 7.12. The molecule has 0 aliphatic rings. The van der Waals surface area contributed by atoms with Crippen LogP contribution < -0.4 is 4.74 Å². The number of carbonyl (C=O) groups excluding carboxylic acids is 1. The lowest BCUT2D eigenvalue weighted by Gasteiger charge is -2.09. The molecule has 0 bridgehead atoms. The first kappa shape index (κ1) is 17.2. The van der Waals surface area contributed by atoms with Gasteiger partial charge in [0.05, 0.1) is 26.8 Å². The maximum absolute atomic E-state index is 11.2. The van der Waals surface area contributed by atoms with Crippen molar-refractivity contribution in [2.75, 3.05) is 0 Å². The third-order valence-electron chi connectivity index (χ3n) is 3.77. The summed E-state index contributed by atoms with van der Waals surface area (Å²) in [6, 6.07) is 6.75. The van der Waals surface area contributed by atoms with Gasteiger partial charge in [0.15, 0.2) is 6.29 Å². The average molecular weight is 357 g/mol. The highest BCUT2D eigenvalue weighted by Crippen LogP contribution is 2.31. The largest absolute Gasteiger partial charge is 0.507 e. The fourth-order valence-electron chi connectivity index (χ4n) is 2.45. The van der Waals surface area contributed by atoms with Gasteiger partial charge in [-0.3, -0.25) is 9.89 Å². The summed E-state index contributed by atoms with van der Waals surface area (Å²) in [6.45, 7) is 6.35. The lowest BCUT2D eigenvalue weighted by molar-refractivity contribution is 0.111. The van der Waals surface area contributed by atoms with E-state index in [0.29, 0.717) is 18.0 Å². The van der Waals surface area contributed by atoms with Gasteiger partial charge in [0.2, 0.25) is 0 Å². The second kappa shape index (κ2) is 7.06. The number of aldehydes is 1. The molecule has 0 amide bonds. The van der Waals surface area contributed by atoms with E-state index in [1.807, 2.05) is 13.0 Å². The molecule has 2 heterocycles. The molecule has 2 aromatic heterocycles. The number of nitrogens with zero attached hydrogens (tertiary/aromatic N) is 2.